The van der Waals surface area contributed by atoms with Gasteiger partial charge in [-0.25, -0.2) is 4.79 Å². The third kappa shape index (κ3) is 8.17. The van der Waals surface area contributed by atoms with Crippen molar-refractivity contribution in [2.45, 2.75) is 111 Å². The SMILES string of the molecule is CC(C)[C@H]1CCN(C(=O)[C@@H](NC(=O)OC(C)(C)C)C(C)(C)C)[C@@H]1C(=O)NC(CC1CCC1)C(=O)C(N)=O. The third-order valence-electron chi connectivity index (χ3n) is 7.30. The van der Waals surface area contributed by atoms with Gasteiger partial charge in [-0.2, -0.15) is 0 Å². The number of hydrogen-bond donors (Lipinski definition) is 3. The van der Waals surface area contributed by atoms with E-state index in [4.69, 9.17) is 10.5 Å². The molecule has 210 valence electrons. The first-order chi connectivity index (χ1) is 16.9. The summed E-state index contributed by atoms with van der Waals surface area (Å²) in [6, 6.07) is -2.80. The van der Waals surface area contributed by atoms with Gasteiger partial charge < -0.3 is 26.0 Å². The number of Topliss-reactive ketones (excluding diaryl/α,β-unsaturated/α-hetero) is 1. The van der Waals surface area contributed by atoms with E-state index < -0.39 is 58.7 Å². The predicted octanol–water partition coefficient (Wildman–Crippen LogP) is 2.53. The number of ether oxygens (including phenoxy) is 1. The van der Waals surface area contributed by atoms with Crippen LogP contribution in [0.3, 0.4) is 0 Å². The van der Waals surface area contributed by atoms with Crippen LogP contribution in [0.4, 0.5) is 4.79 Å². The highest BCUT2D eigenvalue weighted by molar-refractivity contribution is 6.37. The zero-order valence-corrected chi connectivity index (χ0v) is 23.7. The minimum atomic E-state index is -1.08. The Morgan fingerprint density at radius 3 is 2.00 bits per heavy atom. The molecule has 0 aromatic rings. The predicted molar refractivity (Wildman–Crippen MR) is 139 cm³/mol. The van der Waals surface area contributed by atoms with E-state index >= 15 is 0 Å². The number of nitrogens with one attached hydrogen (secondary N) is 2. The fraction of sp³-hybridized carbons (Fsp3) is 0.815. The van der Waals surface area contributed by atoms with Crippen molar-refractivity contribution in [3.05, 3.63) is 0 Å². The standard InChI is InChI=1S/C27H46N4O6/c1-15(2)17-12-13-31(24(35)21(26(3,4)5)30-25(36)37-27(6,7)8)19(17)23(34)29-18(20(32)22(28)33)14-16-10-9-11-16/h15-19,21H,9-14H2,1-8H3,(H2,28,33)(H,29,34)(H,30,36)/t17-,18?,19+,21-/m1/s1. The number of likely N-dealkylation sites (tertiary alicyclic amines) is 1. The highest BCUT2D eigenvalue weighted by Crippen LogP contribution is 2.34. The van der Waals surface area contributed by atoms with Gasteiger partial charge in [-0.3, -0.25) is 19.2 Å². The molecule has 4 N–H and O–H groups in total. The number of rotatable bonds is 9. The number of carbonyl (C=O) groups excluding carboxylic acids is 5. The number of nitrogens with two attached hydrogens (primary N) is 1. The first-order valence-electron chi connectivity index (χ1n) is 13.4. The van der Waals surface area contributed by atoms with Crippen LogP contribution in [-0.2, 0) is 23.9 Å². The van der Waals surface area contributed by atoms with Crippen molar-refractivity contribution in [3.8, 4) is 0 Å². The number of hydrogen-bond acceptors (Lipinski definition) is 6. The summed E-state index contributed by atoms with van der Waals surface area (Å²) >= 11 is 0. The molecular formula is C27H46N4O6. The van der Waals surface area contributed by atoms with E-state index in [1.807, 2.05) is 34.6 Å². The van der Waals surface area contributed by atoms with Crippen molar-refractivity contribution < 1.29 is 28.7 Å². The molecule has 4 atom stereocenters. The van der Waals surface area contributed by atoms with Crippen LogP contribution in [0.1, 0.15) is 87.5 Å². The van der Waals surface area contributed by atoms with E-state index in [0.717, 1.165) is 19.3 Å². The Bertz CT molecular complexity index is 884. The fourth-order valence-corrected chi connectivity index (χ4v) is 5.06. The van der Waals surface area contributed by atoms with Crippen molar-refractivity contribution in [1.82, 2.24) is 15.5 Å². The first-order valence-corrected chi connectivity index (χ1v) is 13.4. The highest BCUT2D eigenvalue weighted by Gasteiger charge is 2.48. The van der Waals surface area contributed by atoms with Crippen molar-refractivity contribution in [2.24, 2.45) is 28.9 Å². The molecule has 2 aliphatic rings. The molecule has 0 aromatic carbocycles. The van der Waals surface area contributed by atoms with Gasteiger partial charge in [-0.05, 0) is 56.8 Å². The highest BCUT2D eigenvalue weighted by atomic mass is 16.6. The zero-order valence-electron chi connectivity index (χ0n) is 23.7. The zero-order chi connectivity index (χ0) is 28.3. The lowest BCUT2D eigenvalue weighted by Gasteiger charge is -2.37. The van der Waals surface area contributed by atoms with E-state index in [2.05, 4.69) is 10.6 Å². The first kappa shape index (κ1) is 30.6. The van der Waals surface area contributed by atoms with Gasteiger partial charge in [0.15, 0.2) is 0 Å². The number of nitrogens with zero attached hydrogens (tertiary/aromatic N) is 1. The van der Waals surface area contributed by atoms with E-state index in [-0.39, 0.29) is 17.8 Å². The van der Waals surface area contributed by atoms with E-state index in [1.165, 1.54) is 4.90 Å². The average Bonchev–Trinajstić information content (AvgIpc) is 3.16. The molecule has 1 saturated heterocycles. The number of carbonyl (C=O) groups is 5. The lowest BCUT2D eigenvalue weighted by molar-refractivity contribution is -0.144. The van der Waals surface area contributed by atoms with Gasteiger partial charge in [0.1, 0.15) is 17.7 Å². The molecule has 0 bridgehead atoms. The Morgan fingerprint density at radius 1 is 0.973 bits per heavy atom. The monoisotopic (exact) mass is 522 g/mol. The normalized spacial score (nSPS) is 22.1. The average molecular weight is 523 g/mol. The molecule has 1 heterocycles. The molecule has 0 aromatic heterocycles. The van der Waals surface area contributed by atoms with Gasteiger partial charge in [-0.15, -0.1) is 0 Å². The van der Waals surface area contributed by atoms with Crippen LogP contribution in [0.15, 0.2) is 0 Å². The Kier molecular flexibility index (Phi) is 9.76. The molecule has 10 nitrogen and oxygen atoms in total. The van der Waals surface area contributed by atoms with Crippen LogP contribution < -0.4 is 16.4 Å². The summed E-state index contributed by atoms with van der Waals surface area (Å²) in [7, 11) is 0. The van der Waals surface area contributed by atoms with Gasteiger partial charge in [-0.1, -0.05) is 53.9 Å². The molecular weight excluding hydrogens is 476 g/mol. The second kappa shape index (κ2) is 11.8. The van der Waals surface area contributed by atoms with Crippen LogP contribution in [0.2, 0.25) is 0 Å². The molecule has 2 rings (SSSR count). The third-order valence-corrected chi connectivity index (χ3v) is 7.30. The second-order valence-corrected chi connectivity index (χ2v) is 12.9. The second-order valence-electron chi connectivity index (χ2n) is 12.9. The molecule has 1 saturated carbocycles. The van der Waals surface area contributed by atoms with Crippen LogP contribution in [-0.4, -0.2) is 64.8 Å². The van der Waals surface area contributed by atoms with E-state index in [9.17, 15) is 24.0 Å². The Balaban J connectivity index is 2.31. The van der Waals surface area contributed by atoms with Gasteiger partial charge in [0.2, 0.25) is 17.6 Å². The van der Waals surface area contributed by atoms with Crippen molar-refractivity contribution in [3.63, 3.8) is 0 Å². The smallest absolute Gasteiger partial charge is 0.408 e. The molecule has 37 heavy (non-hydrogen) atoms. The number of ketones is 1. The molecule has 4 amide bonds. The largest absolute Gasteiger partial charge is 0.444 e. The van der Waals surface area contributed by atoms with Crippen LogP contribution >= 0.6 is 0 Å². The van der Waals surface area contributed by atoms with Crippen molar-refractivity contribution in [1.29, 1.82) is 0 Å². The lowest BCUT2D eigenvalue weighted by atomic mass is 9.80. The number of primary amides is 1. The summed E-state index contributed by atoms with van der Waals surface area (Å²) in [5.41, 5.74) is 3.87. The van der Waals surface area contributed by atoms with Crippen LogP contribution in [0.5, 0.6) is 0 Å². The van der Waals surface area contributed by atoms with Crippen LogP contribution in [0.25, 0.3) is 0 Å². The lowest BCUT2D eigenvalue weighted by Crippen LogP contribution is -2.60. The van der Waals surface area contributed by atoms with Crippen LogP contribution in [0, 0.1) is 23.2 Å². The van der Waals surface area contributed by atoms with Gasteiger partial charge >= 0.3 is 6.09 Å². The molecule has 2 fully saturated rings. The Labute approximate surface area is 220 Å². The molecule has 1 aliphatic carbocycles. The Morgan fingerprint density at radius 2 is 1.57 bits per heavy atom. The molecule has 0 spiro atoms. The summed E-state index contributed by atoms with van der Waals surface area (Å²) in [4.78, 5) is 65.8. The molecule has 10 heteroatoms. The van der Waals surface area contributed by atoms with Gasteiger partial charge in [0.25, 0.3) is 5.91 Å². The maximum atomic E-state index is 13.9. The van der Waals surface area contributed by atoms with Gasteiger partial charge in [0, 0.05) is 6.54 Å². The maximum Gasteiger partial charge on any atom is 0.408 e. The Hall–Kier alpha value is -2.65. The van der Waals surface area contributed by atoms with Crippen molar-refractivity contribution >= 4 is 29.6 Å². The summed E-state index contributed by atoms with van der Waals surface area (Å²) < 4.78 is 5.38. The minimum Gasteiger partial charge on any atom is -0.444 e. The van der Waals surface area contributed by atoms with Gasteiger partial charge in [0.05, 0.1) is 6.04 Å². The van der Waals surface area contributed by atoms with Crippen molar-refractivity contribution in [2.75, 3.05) is 6.54 Å². The van der Waals surface area contributed by atoms with E-state index in [1.54, 1.807) is 20.8 Å². The molecule has 1 unspecified atom stereocenters. The minimum absolute atomic E-state index is 0.0809. The number of alkyl carbamates (subject to hydrolysis) is 1. The fourth-order valence-electron chi connectivity index (χ4n) is 5.06. The summed E-state index contributed by atoms with van der Waals surface area (Å²) in [5.74, 6) is -2.60. The van der Waals surface area contributed by atoms with E-state index in [0.29, 0.717) is 19.4 Å². The molecule has 1 aliphatic heterocycles. The quantitative estimate of drug-likeness (QED) is 0.396. The summed E-state index contributed by atoms with van der Waals surface area (Å²) in [6.07, 6.45) is 3.16. The summed E-state index contributed by atoms with van der Waals surface area (Å²) in [6.45, 7) is 15.0. The maximum absolute atomic E-state index is 13.9. The summed E-state index contributed by atoms with van der Waals surface area (Å²) in [5, 5.41) is 5.47. The molecule has 0 radical (unpaired) electrons. The topological polar surface area (TPSA) is 148 Å². The number of amides is 4.